The molecule has 14 heavy (non-hydrogen) atoms. The lowest BCUT2D eigenvalue weighted by molar-refractivity contribution is -0.274. The SMILES string of the molecule is FC(F)(F)Oc1cccc2cscc12. The van der Waals surface area contributed by atoms with Crippen LogP contribution in [0.1, 0.15) is 0 Å². The third-order valence-corrected chi connectivity index (χ3v) is 2.47. The summed E-state index contributed by atoms with van der Waals surface area (Å²) in [6.07, 6.45) is -4.63. The molecule has 0 aliphatic rings. The van der Waals surface area contributed by atoms with Crippen LogP contribution in [-0.2, 0) is 0 Å². The second kappa shape index (κ2) is 3.16. The minimum atomic E-state index is -4.63. The summed E-state index contributed by atoms with van der Waals surface area (Å²) in [5.74, 6) is -0.142. The normalized spacial score (nSPS) is 11.9. The topological polar surface area (TPSA) is 9.23 Å². The van der Waals surface area contributed by atoms with Crippen molar-refractivity contribution in [3.05, 3.63) is 29.0 Å². The molecule has 0 saturated carbocycles. The smallest absolute Gasteiger partial charge is 0.405 e. The van der Waals surface area contributed by atoms with Crippen LogP contribution in [0.15, 0.2) is 29.0 Å². The zero-order chi connectivity index (χ0) is 10.2. The first-order valence-electron chi connectivity index (χ1n) is 3.77. The first-order valence-corrected chi connectivity index (χ1v) is 4.71. The van der Waals surface area contributed by atoms with Crippen molar-refractivity contribution in [3.8, 4) is 5.75 Å². The maximum Gasteiger partial charge on any atom is 0.573 e. The van der Waals surface area contributed by atoms with Crippen molar-refractivity contribution in [3.63, 3.8) is 0 Å². The molecular weight excluding hydrogens is 213 g/mol. The molecule has 2 rings (SSSR count). The van der Waals surface area contributed by atoms with E-state index in [-0.39, 0.29) is 5.75 Å². The van der Waals surface area contributed by atoms with Gasteiger partial charge in [-0.05, 0) is 16.8 Å². The number of ether oxygens (including phenoxy) is 1. The molecule has 1 nitrogen and oxygen atoms in total. The Labute approximate surface area is 81.7 Å². The van der Waals surface area contributed by atoms with E-state index in [2.05, 4.69) is 4.74 Å². The second-order valence-corrected chi connectivity index (χ2v) is 3.42. The summed E-state index contributed by atoms with van der Waals surface area (Å²) in [4.78, 5) is 0. The van der Waals surface area contributed by atoms with Crippen LogP contribution < -0.4 is 4.74 Å². The van der Waals surface area contributed by atoms with E-state index in [9.17, 15) is 13.2 Å². The fourth-order valence-electron chi connectivity index (χ4n) is 1.18. The number of halogens is 3. The summed E-state index contributed by atoms with van der Waals surface area (Å²) in [5, 5.41) is 4.67. The summed E-state index contributed by atoms with van der Waals surface area (Å²) in [7, 11) is 0. The number of alkyl halides is 3. The fourth-order valence-corrected chi connectivity index (χ4v) is 1.99. The quantitative estimate of drug-likeness (QED) is 0.707. The minimum Gasteiger partial charge on any atom is -0.405 e. The van der Waals surface area contributed by atoms with Crippen LogP contribution in [0.25, 0.3) is 10.8 Å². The molecule has 0 aliphatic carbocycles. The maximum absolute atomic E-state index is 12.0. The number of thiophene rings is 1. The number of rotatable bonds is 1. The lowest BCUT2D eigenvalue weighted by Gasteiger charge is -2.09. The zero-order valence-electron chi connectivity index (χ0n) is 6.84. The first-order chi connectivity index (χ1) is 6.56. The van der Waals surface area contributed by atoms with Gasteiger partial charge in [0.2, 0.25) is 0 Å². The largest absolute Gasteiger partial charge is 0.573 e. The predicted octanol–water partition coefficient (Wildman–Crippen LogP) is 3.80. The van der Waals surface area contributed by atoms with E-state index in [1.54, 1.807) is 16.8 Å². The monoisotopic (exact) mass is 218 g/mol. The molecule has 0 atom stereocenters. The lowest BCUT2D eigenvalue weighted by Crippen LogP contribution is -2.17. The molecule has 0 unspecified atom stereocenters. The van der Waals surface area contributed by atoms with Crippen molar-refractivity contribution in [2.75, 3.05) is 0 Å². The Morgan fingerprint density at radius 1 is 1.14 bits per heavy atom. The Bertz CT molecular complexity index is 446. The summed E-state index contributed by atoms with van der Waals surface area (Å²) in [6.45, 7) is 0. The molecule has 0 fully saturated rings. The molecule has 0 N–H and O–H groups in total. The summed E-state index contributed by atoms with van der Waals surface area (Å²) in [6, 6.07) is 4.59. The summed E-state index contributed by atoms with van der Waals surface area (Å²) >= 11 is 1.35. The third kappa shape index (κ3) is 1.82. The average Bonchev–Trinajstić information content (AvgIpc) is 2.49. The van der Waals surface area contributed by atoms with E-state index in [0.717, 1.165) is 5.39 Å². The molecule has 0 bridgehead atoms. The molecule has 5 heteroatoms. The Kier molecular flexibility index (Phi) is 2.11. The number of fused-ring (bicyclic) bond motifs is 1. The van der Waals surface area contributed by atoms with Gasteiger partial charge in [-0.25, -0.2) is 0 Å². The van der Waals surface area contributed by atoms with Gasteiger partial charge in [0.05, 0.1) is 0 Å². The molecule has 1 heterocycles. The summed E-state index contributed by atoms with van der Waals surface area (Å²) in [5.41, 5.74) is 0. The highest BCUT2D eigenvalue weighted by Gasteiger charge is 2.31. The molecule has 1 aromatic carbocycles. The van der Waals surface area contributed by atoms with Crippen LogP contribution in [0.2, 0.25) is 0 Å². The van der Waals surface area contributed by atoms with Gasteiger partial charge < -0.3 is 4.74 Å². The number of hydrogen-bond acceptors (Lipinski definition) is 2. The van der Waals surface area contributed by atoms with E-state index in [1.165, 1.54) is 23.5 Å². The van der Waals surface area contributed by atoms with Crippen LogP contribution in [-0.4, -0.2) is 6.36 Å². The number of benzene rings is 1. The van der Waals surface area contributed by atoms with Gasteiger partial charge in [0.25, 0.3) is 0 Å². The Morgan fingerprint density at radius 3 is 2.64 bits per heavy atom. The van der Waals surface area contributed by atoms with Crippen LogP contribution in [0.5, 0.6) is 5.75 Å². The van der Waals surface area contributed by atoms with Crippen LogP contribution >= 0.6 is 11.3 Å². The average molecular weight is 218 g/mol. The molecule has 1 aromatic heterocycles. The van der Waals surface area contributed by atoms with Gasteiger partial charge in [0.15, 0.2) is 0 Å². The van der Waals surface area contributed by atoms with Crippen molar-refractivity contribution in [1.29, 1.82) is 0 Å². The van der Waals surface area contributed by atoms with Gasteiger partial charge in [-0.2, -0.15) is 11.3 Å². The van der Waals surface area contributed by atoms with E-state index in [1.807, 2.05) is 0 Å². The maximum atomic E-state index is 12.0. The minimum absolute atomic E-state index is 0.142. The van der Waals surface area contributed by atoms with E-state index in [0.29, 0.717) is 5.39 Å². The Balaban J connectivity index is 2.46. The second-order valence-electron chi connectivity index (χ2n) is 2.68. The molecule has 2 aromatic rings. The van der Waals surface area contributed by atoms with Crippen LogP contribution in [0.3, 0.4) is 0 Å². The van der Waals surface area contributed by atoms with Gasteiger partial charge in [-0.3, -0.25) is 0 Å². The van der Waals surface area contributed by atoms with Crippen molar-refractivity contribution < 1.29 is 17.9 Å². The molecular formula is C9H5F3OS. The van der Waals surface area contributed by atoms with Gasteiger partial charge >= 0.3 is 6.36 Å². The molecule has 0 spiro atoms. The van der Waals surface area contributed by atoms with Crippen LogP contribution in [0, 0.1) is 0 Å². The van der Waals surface area contributed by atoms with Crippen molar-refractivity contribution >= 4 is 22.1 Å². The highest BCUT2D eigenvalue weighted by Crippen LogP contribution is 2.32. The molecule has 0 saturated heterocycles. The van der Waals surface area contributed by atoms with Gasteiger partial charge in [0, 0.05) is 10.8 Å². The predicted molar refractivity (Wildman–Crippen MR) is 48.5 cm³/mol. The Hall–Kier alpha value is -1.23. The van der Waals surface area contributed by atoms with E-state index < -0.39 is 6.36 Å². The summed E-state index contributed by atoms with van der Waals surface area (Å²) < 4.78 is 39.7. The third-order valence-electron chi connectivity index (χ3n) is 1.71. The number of hydrogen-bond donors (Lipinski definition) is 0. The van der Waals surface area contributed by atoms with Crippen molar-refractivity contribution in [2.24, 2.45) is 0 Å². The zero-order valence-corrected chi connectivity index (χ0v) is 7.65. The van der Waals surface area contributed by atoms with Gasteiger partial charge in [0.1, 0.15) is 5.75 Å². The highest BCUT2D eigenvalue weighted by molar-refractivity contribution is 7.09. The standard InChI is InChI=1S/C9H5F3OS/c10-9(11,12)13-8-3-1-2-6-4-14-5-7(6)8/h1-5H. The van der Waals surface area contributed by atoms with Gasteiger partial charge in [-0.1, -0.05) is 12.1 Å². The van der Waals surface area contributed by atoms with Crippen LogP contribution in [0.4, 0.5) is 13.2 Å². The molecule has 0 amide bonds. The van der Waals surface area contributed by atoms with Gasteiger partial charge in [-0.15, -0.1) is 13.2 Å². The molecule has 0 radical (unpaired) electrons. The highest BCUT2D eigenvalue weighted by atomic mass is 32.1. The Morgan fingerprint density at radius 2 is 1.93 bits per heavy atom. The fraction of sp³-hybridized carbons (Fsp3) is 0.111. The van der Waals surface area contributed by atoms with Crippen molar-refractivity contribution in [2.45, 2.75) is 6.36 Å². The molecule has 0 aliphatic heterocycles. The first kappa shape index (κ1) is 9.33. The van der Waals surface area contributed by atoms with E-state index >= 15 is 0 Å². The van der Waals surface area contributed by atoms with Crippen molar-refractivity contribution in [1.82, 2.24) is 0 Å². The lowest BCUT2D eigenvalue weighted by atomic mass is 10.2. The van der Waals surface area contributed by atoms with E-state index in [4.69, 9.17) is 0 Å². The molecule has 74 valence electrons.